The summed E-state index contributed by atoms with van der Waals surface area (Å²) in [6.45, 7) is 1.48. The van der Waals surface area contributed by atoms with Crippen molar-refractivity contribution in [2.45, 2.75) is 6.92 Å². The van der Waals surface area contributed by atoms with Gasteiger partial charge in [0.25, 0.3) is 5.91 Å². The van der Waals surface area contributed by atoms with E-state index in [4.69, 9.17) is 0 Å². The third-order valence-corrected chi connectivity index (χ3v) is 5.37. The normalized spacial score (nSPS) is 10.9. The summed E-state index contributed by atoms with van der Waals surface area (Å²) in [6.07, 6.45) is 5.20. The number of anilines is 1. The van der Waals surface area contributed by atoms with Crippen molar-refractivity contribution >= 4 is 28.4 Å². The largest absolute Gasteiger partial charge is 0.426 e. The van der Waals surface area contributed by atoms with Crippen LogP contribution in [0.25, 0.3) is 28.1 Å². The lowest BCUT2D eigenvalue weighted by Gasteiger charge is -2.07. The number of ketones is 1. The predicted molar refractivity (Wildman–Crippen MR) is 124 cm³/mol. The Kier molecular flexibility index (Phi) is 4.95. The first-order chi connectivity index (χ1) is 16.0. The summed E-state index contributed by atoms with van der Waals surface area (Å²) in [5, 5.41) is 13.6. The third kappa shape index (κ3) is 3.85. The molecule has 8 heteroatoms. The standard InChI is InChI=1S/C25H19N5O3/c1-16(31)17-2-4-19(5-3-17)25(32)27-20-8-6-18(7-9-20)24-28-22-11-10-21(14-23(22)30(24)33)29-13-12-26-15-29/h2-15,33H,1H3,(H,27,32). The van der Waals surface area contributed by atoms with Crippen LogP contribution in [0.3, 0.4) is 0 Å². The van der Waals surface area contributed by atoms with Gasteiger partial charge in [-0.25, -0.2) is 9.97 Å². The molecule has 0 unspecified atom stereocenters. The van der Waals surface area contributed by atoms with Crippen molar-refractivity contribution in [1.82, 2.24) is 19.3 Å². The number of aromatic nitrogens is 4. The summed E-state index contributed by atoms with van der Waals surface area (Å²) in [4.78, 5) is 32.5. The van der Waals surface area contributed by atoms with Gasteiger partial charge in [-0.1, -0.05) is 12.1 Å². The van der Waals surface area contributed by atoms with Gasteiger partial charge in [0, 0.05) is 40.5 Å². The molecule has 2 N–H and O–H groups in total. The van der Waals surface area contributed by atoms with Gasteiger partial charge in [0.15, 0.2) is 11.6 Å². The molecule has 0 aliphatic carbocycles. The summed E-state index contributed by atoms with van der Waals surface area (Å²) < 4.78 is 2.90. The molecule has 1 amide bonds. The van der Waals surface area contributed by atoms with Gasteiger partial charge < -0.3 is 15.1 Å². The zero-order valence-electron chi connectivity index (χ0n) is 17.6. The molecule has 8 nitrogen and oxygen atoms in total. The van der Waals surface area contributed by atoms with E-state index in [0.29, 0.717) is 39.2 Å². The molecule has 2 aromatic heterocycles. The molecule has 5 rings (SSSR count). The van der Waals surface area contributed by atoms with Crippen LogP contribution in [-0.4, -0.2) is 36.2 Å². The molecule has 3 aromatic carbocycles. The van der Waals surface area contributed by atoms with Gasteiger partial charge in [-0.15, -0.1) is 0 Å². The lowest BCUT2D eigenvalue weighted by atomic mass is 10.1. The van der Waals surface area contributed by atoms with Crippen LogP contribution in [0, 0.1) is 0 Å². The maximum absolute atomic E-state index is 12.5. The van der Waals surface area contributed by atoms with Crippen molar-refractivity contribution < 1.29 is 14.8 Å². The van der Waals surface area contributed by atoms with Crippen molar-refractivity contribution in [3.05, 3.63) is 96.6 Å². The fourth-order valence-corrected chi connectivity index (χ4v) is 3.57. The number of hydrogen-bond donors (Lipinski definition) is 2. The van der Waals surface area contributed by atoms with Crippen LogP contribution in [0.1, 0.15) is 27.6 Å². The third-order valence-electron chi connectivity index (χ3n) is 5.37. The molecule has 5 aromatic rings. The molecule has 0 bridgehead atoms. The van der Waals surface area contributed by atoms with Crippen molar-refractivity contribution in [3.63, 3.8) is 0 Å². The van der Waals surface area contributed by atoms with Crippen molar-refractivity contribution in [2.75, 3.05) is 5.32 Å². The number of carbonyl (C=O) groups is 2. The summed E-state index contributed by atoms with van der Waals surface area (Å²) in [7, 11) is 0. The summed E-state index contributed by atoms with van der Waals surface area (Å²) in [5.74, 6) is 0.0650. The van der Waals surface area contributed by atoms with Crippen LogP contribution < -0.4 is 5.32 Å². The number of nitrogens with zero attached hydrogens (tertiary/aromatic N) is 4. The minimum atomic E-state index is -0.278. The minimum Gasteiger partial charge on any atom is -0.426 e. The van der Waals surface area contributed by atoms with Gasteiger partial charge in [0.1, 0.15) is 5.52 Å². The highest BCUT2D eigenvalue weighted by molar-refractivity contribution is 6.05. The molecule has 0 spiro atoms. The van der Waals surface area contributed by atoms with E-state index < -0.39 is 0 Å². The lowest BCUT2D eigenvalue weighted by Crippen LogP contribution is -2.12. The minimum absolute atomic E-state index is 0.0506. The molecule has 0 aliphatic heterocycles. The highest BCUT2D eigenvalue weighted by Crippen LogP contribution is 2.26. The molecule has 0 radical (unpaired) electrons. The number of fused-ring (bicyclic) bond motifs is 1. The Labute approximate surface area is 188 Å². The van der Waals surface area contributed by atoms with Gasteiger partial charge in [0.05, 0.1) is 11.8 Å². The fourth-order valence-electron chi connectivity index (χ4n) is 3.57. The van der Waals surface area contributed by atoms with Crippen LogP contribution in [0.15, 0.2) is 85.5 Å². The lowest BCUT2D eigenvalue weighted by molar-refractivity contribution is 0.101. The van der Waals surface area contributed by atoms with Crippen molar-refractivity contribution in [1.29, 1.82) is 0 Å². The van der Waals surface area contributed by atoms with Crippen LogP contribution in [-0.2, 0) is 0 Å². The van der Waals surface area contributed by atoms with Gasteiger partial charge in [0.2, 0.25) is 0 Å². The number of hydrogen-bond acceptors (Lipinski definition) is 5. The molecule has 33 heavy (non-hydrogen) atoms. The maximum atomic E-state index is 12.5. The van der Waals surface area contributed by atoms with Crippen molar-refractivity contribution in [2.24, 2.45) is 0 Å². The molecular formula is C25H19N5O3. The molecule has 2 heterocycles. The number of nitrogens with one attached hydrogen (secondary N) is 1. The zero-order chi connectivity index (χ0) is 22.9. The smallest absolute Gasteiger partial charge is 0.255 e. The van der Waals surface area contributed by atoms with Crippen LogP contribution >= 0.6 is 0 Å². The number of imidazole rings is 2. The topological polar surface area (TPSA) is 102 Å². The van der Waals surface area contributed by atoms with Gasteiger partial charge in [-0.2, -0.15) is 4.73 Å². The summed E-state index contributed by atoms with van der Waals surface area (Å²) in [5.41, 5.74) is 4.39. The van der Waals surface area contributed by atoms with Gasteiger partial charge >= 0.3 is 0 Å². The predicted octanol–water partition coefficient (Wildman–Crippen LogP) is 4.58. The average molecular weight is 437 g/mol. The number of Topliss-reactive ketones (excluding diaryl/α,β-unsaturated/α-hetero) is 1. The van der Waals surface area contributed by atoms with Crippen molar-refractivity contribution in [3.8, 4) is 17.1 Å². The average Bonchev–Trinajstić information content (AvgIpc) is 3.48. The van der Waals surface area contributed by atoms with E-state index in [1.54, 1.807) is 61.1 Å². The van der Waals surface area contributed by atoms with Crippen LogP contribution in [0.4, 0.5) is 5.69 Å². The summed E-state index contributed by atoms with van der Waals surface area (Å²) >= 11 is 0. The Morgan fingerprint density at radius 1 is 0.939 bits per heavy atom. The van der Waals surface area contributed by atoms with E-state index >= 15 is 0 Å². The number of carbonyl (C=O) groups excluding carboxylic acids is 2. The molecular weight excluding hydrogens is 418 g/mol. The Hall–Kier alpha value is -4.72. The van der Waals surface area contributed by atoms with E-state index in [-0.39, 0.29) is 11.7 Å². The Morgan fingerprint density at radius 3 is 2.33 bits per heavy atom. The Morgan fingerprint density at radius 2 is 1.67 bits per heavy atom. The van der Waals surface area contributed by atoms with E-state index in [1.807, 2.05) is 29.0 Å². The first-order valence-corrected chi connectivity index (χ1v) is 10.2. The number of benzene rings is 3. The zero-order valence-corrected chi connectivity index (χ0v) is 17.6. The van der Waals surface area contributed by atoms with E-state index in [1.165, 1.54) is 6.92 Å². The second-order valence-corrected chi connectivity index (χ2v) is 7.56. The highest BCUT2D eigenvalue weighted by Gasteiger charge is 2.14. The molecule has 0 fully saturated rings. The molecule has 0 atom stereocenters. The second kappa shape index (κ2) is 8.08. The quantitative estimate of drug-likeness (QED) is 0.310. The van der Waals surface area contributed by atoms with E-state index in [2.05, 4.69) is 15.3 Å². The maximum Gasteiger partial charge on any atom is 0.255 e. The SMILES string of the molecule is CC(=O)c1ccc(C(=O)Nc2ccc(-c3nc4ccc(-n5ccnc5)cc4n3O)cc2)cc1. The van der Waals surface area contributed by atoms with E-state index in [0.717, 1.165) is 10.4 Å². The fraction of sp³-hybridized carbons (Fsp3) is 0.0400. The Bertz CT molecular complexity index is 1470. The molecule has 0 aliphatic rings. The van der Waals surface area contributed by atoms with Crippen LogP contribution in [0.2, 0.25) is 0 Å². The van der Waals surface area contributed by atoms with Gasteiger partial charge in [-0.05, 0) is 61.5 Å². The Balaban J connectivity index is 1.37. The highest BCUT2D eigenvalue weighted by atomic mass is 16.5. The molecule has 162 valence electrons. The molecule has 0 saturated heterocycles. The van der Waals surface area contributed by atoms with Gasteiger partial charge in [-0.3, -0.25) is 9.59 Å². The second-order valence-electron chi connectivity index (χ2n) is 7.56. The molecule has 0 saturated carbocycles. The first kappa shape index (κ1) is 20.2. The van der Waals surface area contributed by atoms with Crippen LogP contribution in [0.5, 0.6) is 0 Å². The number of rotatable bonds is 5. The first-order valence-electron chi connectivity index (χ1n) is 10.2. The number of amides is 1. The summed E-state index contributed by atoms with van der Waals surface area (Å²) in [6, 6.07) is 19.1. The monoisotopic (exact) mass is 437 g/mol. The van der Waals surface area contributed by atoms with E-state index in [9.17, 15) is 14.8 Å².